The van der Waals surface area contributed by atoms with E-state index in [0.29, 0.717) is 25.0 Å². The number of nitrogens with one attached hydrogen (secondary N) is 1. The molecule has 1 saturated carbocycles. The lowest BCUT2D eigenvalue weighted by molar-refractivity contribution is -0.134. The maximum atomic E-state index is 12.9. The maximum absolute atomic E-state index is 12.9. The number of hydrogen-bond donors (Lipinski definition) is 1. The van der Waals surface area contributed by atoms with Crippen molar-refractivity contribution in [2.45, 2.75) is 57.0 Å². The van der Waals surface area contributed by atoms with Gasteiger partial charge < -0.3 is 15.0 Å². The van der Waals surface area contributed by atoms with Crippen LogP contribution >= 0.6 is 0 Å². The van der Waals surface area contributed by atoms with Gasteiger partial charge in [-0.05, 0) is 62.3 Å². The van der Waals surface area contributed by atoms with Gasteiger partial charge in [0.25, 0.3) is 0 Å². The van der Waals surface area contributed by atoms with E-state index < -0.39 is 0 Å². The van der Waals surface area contributed by atoms with Crippen LogP contribution in [-0.4, -0.2) is 48.9 Å². The Morgan fingerprint density at radius 3 is 2.41 bits per heavy atom. The number of hydrogen-bond acceptors (Lipinski definition) is 4. The van der Waals surface area contributed by atoms with Crippen LogP contribution in [0.1, 0.15) is 55.3 Å². The van der Waals surface area contributed by atoms with Crippen molar-refractivity contribution in [3.8, 4) is 5.75 Å². The molecule has 5 nitrogen and oxygen atoms in total. The monoisotopic (exact) mass is 370 g/mol. The number of methoxy groups -OCH3 is 1. The summed E-state index contributed by atoms with van der Waals surface area (Å²) in [6, 6.07) is 7.87. The van der Waals surface area contributed by atoms with Crippen molar-refractivity contribution >= 4 is 11.7 Å². The lowest BCUT2D eigenvalue weighted by Gasteiger charge is -2.33. The third-order valence-corrected chi connectivity index (χ3v) is 6.71. The first-order valence-corrected chi connectivity index (χ1v) is 10.4. The van der Waals surface area contributed by atoms with Crippen LogP contribution in [0.15, 0.2) is 24.3 Å². The zero-order valence-corrected chi connectivity index (χ0v) is 16.2. The Hall–Kier alpha value is -1.88. The molecule has 1 aromatic carbocycles. The molecule has 3 atom stereocenters. The minimum Gasteiger partial charge on any atom is -0.497 e. The predicted octanol–water partition coefficient (Wildman–Crippen LogP) is 3.04. The molecule has 2 saturated heterocycles. The standard InChI is InChI=1S/C22H30N2O3/c1-27-18-8-6-15(7-9-18)21(25)16-10-12-24(13-11-16)22(26)20-14-17-4-2-3-5-19(17)23-20/h6-9,16-17,19-20,23H,2-5,10-14H2,1H3. The van der Waals surface area contributed by atoms with Gasteiger partial charge in [-0.15, -0.1) is 0 Å². The van der Waals surface area contributed by atoms with Crippen molar-refractivity contribution in [3.63, 3.8) is 0 Å². The van der Waals surface area contributed by atoms with E-state index in [1.165, 1.54) is 25.7 Å². The Balaban J connectivity index is 1.30. The summed E-state index contributed by atoms with van der Waals surface area (Å²) >= 11 is 0. The van der Waals surface area contributed by atoms with Gasteiger partial charge in [-0.25, -0.2) is 0 Å². The second-order valence-electron chi connectivity index (χ2n) is 8.30. The van der Waals surface area contributed by atoms with Crippen LogP contribution in [0.25, 0.3) is 0 Å². The summed E-state index contributed by atoms with van der Waals surface area (Å²) < 4.78 is 5.16. The first-order valence-electron chi connectivity index (χ1n) is 10.4. The lowest BCUT2D eigenvalue weighted by Crippen LogP contribution is -2.48. The molecule has 1 aliphatic carbocycles. The minimum atomic E-state index is -0.00746. The second kappa shape index (κ2) is 8.01. The van der Waals surface area contributed by atoms with E-state index in [4.69, 9.17) is 4.74 Å². The smallest absolute Gasteiger partial charge is 0.239 e. The molecular weight excluding hydrogens is 340 g/mol. The van der Waals surface area contributed by atoms with Crippen molar-refractivity contribution in [1.29, 1.82) is 0 Å². The molecule has 5 heteroatoms. The molecule has 2 heterocycles. The maximum Gasteiger partial charge on any atom is 0.239 e. The fraction of sp³-hybridized carbons (Fsp3) is 0.636. The van der Waals surface area contributed by atoms with Crippen LogP contribution in [-0.2, 0) is 4.79 Å². The number of amides is 1. The van der Waals surface area contributed by atoms with E-state index in [9.17, 15) is 9.59 Å². The number of ketones is 1. The third-order valence-electron chi connectivity index (χ3n) is 6.71. The second-order valence-corrected chi connectivity index (χ2v) is 8.30. The number of ether oxygens (including phenoxy) is 1. The highest BCUT2D eigenvalue weighted by atomic mass is 16.5. The Morgan fingerprint density at radius 2 is 1.74 bits per heavy atom. The van der Waals surface area contributed by atoms with E-state index in [2.05, 4.69) is 5.32 Å². The highest BCUT2D eigenvalue weighted by molar-refractivity contribution is 5.98. The number of rotatable bonds is 4. The molecule has 3 fully saturated rings. The molecule has 3 aliphatic rings. The Morgan fingerprint density at radius 1 is 1.04 bits per heavy atom. The largest absolute Gasteiger partial charge is 0.497 e. The van der Waals surface area contributed by atoms with Crippen LogP contribution < -0.4 is 10.1 Å². The molecule has 27 heavy (non-hydrogen) atoms. The number of carbonyl (C=O) groups excluding carboxylic acids is 2. The van der Waals surface area contributed by atoms with Gasteiger partial charge in [-0.2, -0.15) is 0 Å². The van der Waals surface area contributed by atoms with Gasteiger partial charge in [-0.3, -0.25) is 9.59 Å². The van der Waals surface area contributed by atoms with Crippen LogP contribution in [0.5, 0.6) is 5.75 Å². The van der Waals surface area contributed by atoms with Crippen molar-refractivity contribution in [1.82, 2.24) is 10.2 Å². The average Bonchev–Trinajstić information content (AvgIpc) is 3.17. The average molecular weight is 370 g/mol. The number of carbonyl (C=O) groups is 2. The molecule has 1 amide bonds. The molecule has 1 aromatic rings. The molecule has 0 radical (unpaired) electrons. The Labute approximate surface area is 161 Å². The Kier molecular flexibility index (Phi) is 5.48. The highest BCUT2D eigenvalue weighted by Gasteiger charge is 2.40. The van der Waals surface area contributed by atoms with E-state index in [-0.39, 0.29) is 23.7 Å². The van der Waals surface area contributed by atoms with Crippen molar-refractivity contribution in [3.05, 3.63) is 29.8 Å². The summed E-state index contributed by atoms with van der Waals surface area (Å²) in [5.41, 5.74) is 0.738. The number of Topliss-reactive ketones (excluding diaryl/α,β-unsaturated/α-hetero) is 1. The molecule has 2 aliphatic heterocycles. The van der Waals surface area contributed by atoms with E-state index in [0.717, 1.165) is 30.6 Å². The van der Waals surface area contributed by atoms with E-state index in [1.807, 2.05) is 29.2 Å². The first-order chi connectivity index (χ1) is 13.2. The fourth-order valence-corrected chi connectivity index (χ4v) is 5.08. The van der Waals surface area contributed by atoms with Crippen LogP contribution in [0.2, 0.25) is 0 Å². The van der Waals surface area contributed by atoms with Crippen molar-refractivity contribution < 1.29 is 14.3 Å². The normalized spacial score (nSPS) is 28.6. The van der Waals surface area contributed by atoms with Gasteiger partial charge in [0.1, 0.15) is 5.75 Å². The first kappa shape index (κ1) is 18.5. The summed E-state index contributed by atoms with van der Waals surface area (Å²) in [6.45, 7) is 1.39. The van der Waals surface area contributed by atoms with Crippen LogP contribution in [0, 0.1) is 11.8 Å². The molecule has 4 rings (SSSR count). The van der Waals surface area contributed by atoms with Crippen molar-refractivity contribution in [2.24, 2.45) is 11.8 Å². The fourth-order valence-electron chi connectivity index (χ4n) is 5.08. The lowest BCUT2D eigenvalue weighted by atomic mass is 9.85. The predicted molar refractivity (Wildman–Crippen MR) is 104 cm³/mol. The van der Waals surface area contributed by atoms with Crippen LogP contribution in [0.3, 0.4) is 0 Å². The number of piperidine rings is 1. The molecular formula is C22H30N2O3. The van der Waals surface area contributed by atoms with Gasteiger partial charge >= 0.3 is 0 Å². The quantitative estimate of drug-likeness (QED) is 0.828. The summed E-state index contributed by atoms with van der Waals surface area (Å²) in [7, 11) is 1.62. The molecule has 0 bridgehead atoms. The topological polar surface area (TPSA) is 58.6 Å². The van der Waals surface area contributed by atoms with Gasteiger partial charge in [-0.1, -0.05) is 12.8 Å². The summed E-state index contributed by atoms with van der Waals surface area (Å²) in [5, 5.41) is 3.59. The molecule has 0 spiro atoms. The van der Waals surface area contributed by atoms with Gasteiger partial charge in [0, 0.05) is 30.6 Å². The summed E-state index contributed by atoms with van der Waals surface area (Å²) in [6.07, 6.45) is 7.59. The minimum absolute atomic E-state index is 0.00746. The Bertz CT molecular complexity index is 665. The van der Waals surface area contributed by atoms with Gasteiger partial charge in [0.15, 0.2) is 5.78 Å². The van der Waals surface area contributed by atoms with Gasteiger partial charge in [0.2, 0.25) is 5.91 Å². The summed E-state index contributed by atoms with van der Waals surface area (Å²) in [5.74, 6) is 1.90. The zero-order valence-electron chi connectivity index (χ0n) is 16.2. The molecule has 1 N–H and O–H groups in total. The zero-order chi connectivity index (χ0) is 18.8. The molecule has 3 unspecified atom stereocenters. The number of fused-ring (bicyclic) bond motifs is 1. The highest BCUT2D eigenvalue weighted by Crippen LogP contribution is 2.34. The van der Waals surface area contributed by atoms with Crippen LogP contribution in [0.4, 0.5) is 0 Å². The number of likely N-dealkylation sites (tertiary alicyclic amines) is 1. The number of benzene rings is 1. The molecule has 146 valence electrons. The molecule has 0 aromatic heterocycles. The summed E-state index contributed by atoms with van der Waals surface area (Å²) in [4.78, 5) is 27.7. The van der Waals surface area contributed by atoms with Crippen molar-refractivity contribution in [2.75, 3.05) is 20.2 Å². The van der Waals surface area contributed by atoms with E-state index in [1.54, 1.807) is 7.11 Å². The van der Waals surface area contributed by atoms with E-state index >= 15 is 0 Å². The number of nitrogens with zero attached hydrogens (tertiary/aromatic N) is 1. The van der Waals surface area contributed by atoms with Gasteiger partial charge in [0.05, 0.1) is 13.2 Å². The third kappa shape index (κ3) is 3.88. The SMILES string of the molecule is COc1ccc(C(=O)C2CCN(C(=O)C3CC4CCCCC4N3)CC2)cc1.